The molecule has 0 spiro atoms. The molecule has 0 radical (unpaired) electrons. The van der Waals surface area contributed by atoms with Crippen molar-refractivity contribution >= 4 is 33.3 Å². The van der Waals surface area contributed by atoms with Crippen molar-refractivity contribution in [2.75, 3.05) is 4.90 Å². The third-order valence-electron chi connectivity index (χ3n) is 4.24. The summed E-state index contributed by atoms with van der Waals surface area (Å²) < 4.78 is 0.798. The number of Topliss-reactive ketones (excluding diaryl/α,β-unsaturated/α-hetero) is 1. The van der Waals surface area contributed by atoms with E-state index in [9.17, 15) is 14.7 Å². The Kier molecular flexibility index (Phi) is 4.71. The predicted octanol–water partition coefficient (Wildman–Crippen LogP) is 4.36. The molecule has 1 aromatic carbocycles. The lowest BCUT2D eigenvalue weighted by atomic mass is 9.82. The van der Waals surface area contributed by atoms with E-state index >= 15 is 0 Å². The van der Waals surface area contributed by atoms with Gasteiger partial charge in [-0.05, 0) is 35.9 Å². The summed E-state index contributed by atoms with van der Waals surface area (Å²) in [5.74, 6) is -1.34. The van der Waals surface area contributed by atoms with Crippen molar-refractivity contribution in [2.45, 2.75) is 26.8 Å². The van der Waals surface area contributed by atoms with Gasteiger partial charge in [0.25, 0.3) is 5.91 Å². The Morgan fingerprint density at radius 2 is 1.85 bits per heavy atom. The van der Waals surface area contributed by atoms with Crippen LogP contribution in [-0.2, 0) is 9.59 Å². The van der Waals surface area contributed by atoms with Crippen LogP contribution in [-0.4, -0.2) is 21.8 Å². The van der Waals surface area contributed by atoms with E-state index in [4.69, 9.17) is 0 Å². The molecular formula is C20H19BrN2O3. The number of pyridine rings is 1. The maximum Gasteiger partial charge on any atom is 0.294 e. The maximum atomic E-state index is 13.0. The Morgan fingerprint density at radius 1 is 1.19 bits per heavy atom. The Hall–Kier alpha value is -2.47. The van der Waals surface area contributed by atoms with E-state index < -0.39 is 23.1 Å². The van der Waals surface area contributed by atoms with Crippen LogP contribution in [0.25, 0.3) is 0 Å². The standard InChI is InChI=1S/C20H19BrN2O3/c1-20(2,3)18(25)15-16(12-7-9-22-10-8-12)23(19(26)17(15)24)14-6-4-5-13(21)11-14/h4-11,16,24H,1-3H3. The zero-order valence-corrected chi connectivity index (χ0v) is 16.3. The first-order chi connectivity index (χ1) is 12.2. The molecular weight excluding hydrogens is 396 g/mol. The summed E-state index contributed by atoms with van der Waals surface area (Å²) in [6.45, 7) is 5.31. The van der Waals surface area contributed by atoms with Gasteiger partial charge in [0.2, 0.25) is 0 Å². The zero-order valence-electron chi connectivity index (χ0n) is 14.7. The fraction of sp³-hybridized carbons (Fsp3) is 0.250. The van der Waals surface area contributed by atoms with Gasteiger partial charge in [-0.15, -0.1) is 0 Å². The number of aliphatic hydroxyl groups is 1. The van der Waals surface area contributed by atoms with E-state index in [-0.39, 0.29) is 11.4 Å². The van der Waals surface area contributed by atoms with Crippen LogP contribution in [0.1, 0.15) is 32.4 Å². The Bertz CT molecular complexity index is 901. The summed E-state index contributed by atoms with van der Waals surface area (Å²) in [6.07, 6.45) is 3.21. The second-order valence-electron chi connectivity index (χ2n) is 7.18. The van der Waals surface area contributed by atoms with E-state index in [0.29, 0.717) is 11.3 Å². The number of hydrogen-bond acceptors (Lipinski definition) is 4. The van der Waals surface area contributed by atoms with Crippen molar-refractivity contribution in [2.24, 2.45) is 5.41 Å². The second-order valence-corrected chi connectivity index (χ2v) is 8.10. The third kappa shape index (κ3) is 3.17. The normalized spacial score (nSPS) is 17.8. The van der Waals surface area contributed by atoms with Gasteiger partial charge >= 0.3 is 0 Å². The van der Waals surface area contributed by atoms with Crippen molar-refractivity contribution in [3.05, 3.63) is 70.2 Å². The zero-order chi connectivity index (χ0) is 19.1. The average Bonchev–Trinajstić information content (AvgIpc) is 2.85. The number of aromatic nitrogens is 1. The van der Waals surface area contributed by atoms with Crippen molar-refractivity contribution in [1.82, 2.24) is 4.98 Å². The number of anilines is 1. The number of benzene rings is 1. The largest absolute Gasteiger partial charge is 0.503 e. The summed E-state index contributed by atoms with van der Waals surface area (Å²) in [7, 11) is 0. The lowest BCUT2D eigenvalue weighted by molar-refractivity contribution is -0.123. The highest BCUT2D eigenvalue weighted by atomic mass is 79.9. The van der Waals surface area contributed by atoms with Gasteiger partial charge in [0.1, 0.15) is 0 Å². The molecule has 1 amide bonds. The molecule has 0 saturated heterocycles. The number of carbonyl (C=O) groups is 2. The quantitative estimate of drug-likeness (QED) is 0.809. The van der Waals surface area contributed by atoms with Gasteiger partial charge in [0, 0.05) is 28.0 Å². The first-order valence-electron chi connectivity index (χ1n) is 8.19. The molecule has 134 valence electrons. The molecule has 1 aliphatic rings. The number of ketones is 1. The molecule has 2 aromatic rings. The highest BCUT2D eigenvalue weighted by molar-refractivity contribution is 9.10. The number of carbonyl (C=O) groups excluding carboxylic acids is 2. The van der Waals surface area contributed by atoms with Crippen LogP contribution in [0, 0.1) is 5.41 Å². The van der Waals surface area contributed by atoms with Gasteiger partial charge < -0.3 is 5.11 Å². The number of halogens is 1. The molecule has 0 bridgehead atoms. The summed E-state index contributed by atoms with van der Waals surface area (Å²) >= 11 is 3.41. The van der Waals surface area contributed by atoms with Crippen molar-refractivity contribution in [1.29, 1.82) is 0 Å². The molecule has 1 atom stereocenters. The van der Waals surface area contributed by atoms with Gasteiger partial charge in [0.05, 0.1) is 11.6 Å². The van der Waals surface area contributed by atoms with Crippen LogP contribution in [0.4, 0.5) is 5.69 Å². The lowest BCUT2D eigenvalue weighted by Crippen LogP contribution is -2.32. The summed E-state index contributed by atoms with van der Waals surface area (Å²) in [4.78, 5) is 31.4. The highest BCUT2D eigenvalue weighted by Gasteiger charge is 2.46. The van der Waals surface area contributed by atoms with E-state index in [1.165, 1.54) is 4.90 Å². The molecule has 0 fully saturated rings. The second kappa shape index (κ2) is 6.68. The van der Waals surface area contributed by atoms with E-state index in [1.807, 2.05) is 6.07 Å². The fourth-order valence-electron chi connectivity index (χ4n) is 2.99. The Balaban J connectivity index is 2.21. The molecule has 6 heteroatoms. The minimum atomic E-state index is -0.734. The SMILES string of the molecule is CC(C)(C)C(=O)C1=C(O)C(=O)N(c2cccc(Br)c2)C1c1ccncc1. The summed E-state index contributed by atoms with van der Waals surface area (Å²) in [5, 5.41) is 10.6. The summed E-state index contributed by atoms with van der Waals surface area (Å²) in [5.41, 5.74) is 0.690. The molecule has 3 rings (SSSR count). The molecule has 2 heterocycles. The number of aliphatic hydroxyl groups excluding tert-OH is 1. The van der Waals surface area contributed by atoms with E-state index in [0.717, 1.165) is 4.47 Å². The first-order valence-corrected chi connectivity index (χ1v) is 8.98. The topological polar surface area (TPSA) is 70.5 Å². The smallest absolute Gasteiger partial charge is 0.294 e. The van der Waals surface area contributed by atoms with Crippen LogP contribution in [0.5, 0.6) is 0 Å². The minimum Gasteiger partial charge on any atom is -0.503 e. The number of nitrogens with zero attached hydrogens (tertiary/aromatic N) is 2. The van der Waals surface area contributed by atoms with Crippen LogP contribution in [0.2, 0.25) is 0 Å². The molecule has 1 unspecified atom stereocenters. The highest BCUT2D eigenvalue weighted by Crippen LogP contribution is 2.43. The summed E-state index contributed by atoms with van der Waals surface area (Å²) in [6, 6.07) is 10.00. The molecule has 1 N–H and O–H groups in total. The minimum absolute atomic E-state index is 0.119. The molecule has 0 aliphatic carbocycles. The maximum absolute atomic E-state index is 13.0. The molecule has 5 nitrogen and oxygen atoms in total. The third-order valence-corrected chi connectivity index (χ3v) is 4.74. The number of hydrogen-bond donors (Lipinski definition) is 1. The van der Waals surface area contributed by atoms with Crippen LogP contribution in [0.15, 0.2) is 64.6 Å². The average molecular weight is 415 g/mol. The van der Waals surface area contributed by atoms with E-state index in [2.05, 4.69) is 20.9 Å². The predicted molar refractivity (Wildman–Crippen MR) is 103 cm³/mol. The molecule has 1 aliphatic heterocycles. The van der Waals surface area contributed by atoms with Crippen molar-refractivity contribution in [3.8, 4) is 0 Å². The number of amides is 1. The Labute approximate surface area is 160 Å². The van der Waals surface area contributed by atoms with Gasteiger partial charge in [-0.3, -0.25) is 19.5 Å². The monoisotopic (exact) mass is 414 g/mol. The number of rotatable bonds is 3. The van der Waals surface area contributed by atoms with Crippen LogP contribution in [0.3, 0.4) is 0 Å². The lowest BCUT2D eigenvalue weighted by Gasteiger charge is -2.29. The first kappa shape index (κ1) is 18.3. The van der Waals surface area contributed by atoms with Gasteiger partial charge in [0.15, 0.2) is 11.5 Å². The molecule has 1 aromatic heterocycles. The fourth-order valence-corrected chi connectivity index (χ4v) is 3.38. The van der Waals surface area contributed by atoms with Gasteiger partial charge in [-0.1, -0.05) is 42.8 Å². The van der Waals surface area contributed by atoms with Crippen LogP contribution >= 0.6 is 15.9 Å². The van der Waals surface area contributed by atoms with Crippen molar-refractivity contribution < 1.29 is 14.7 Å². The van der Waals surface area contributed by atoms with Crippen LogP contribution < -0.4 is 4.90 Å². The Morgan fingerprint density at radius 3 is 2.42 bits per heavy atom. The van der Waals surface area contributed by atoms with Gasteiger partial charge in [-0.2, -0.15) is 0 Å². The molecule has 0 saturated carbocycles. The van der Waals surface area contributed by atoms with E-state index in [1.54, 1.807) is 63.5 Å². The van der Waals surface area contributed by atoms with Crippen molar-refractivity contribution in [3.63, 3.8) is 0 Å². The van der Waals surface area contributed by atoms with Gasteiger partial charge in [-0.25, -0.2) is 0 Å². The molecule has 26 heavy (non-hydrogen) atoms.